The van der Waals surface area contributed by atoms with Gasteiger partial charge >= 0.3 is 6.09 Å². The van der Waals surface area contributed by atoms with E-state index in [4.69, 9.17) is 4.74 Å². The van der Waals surface area contributed by atoms with Crippen molar-refractivity contribution < 1.29 is 28.7 Å². The van der Waals surface area contributed by atoms with Gasteiger partial charge in [-0.2, -0.15) is 0 Å². The minimum Gasteiger partial charge on any atom is -0.445 e. The number of alkyl carbamates (subject to hydrolysis) is 1. The SMILES string of the molecule is CCNC(=O)CC[C@@H](C=O)NC(=O)[C@H](CC1CCCCC1)NC(=O)[C@@H](NC(=O)OCc1ccccc1)c1ccccc1. The van der Waals surface area contributed by atoms with Crippen LogP contribution in [0.5, 0.6) is 0 Å². The number of nitrogens with one attached hydrogen (secondary N) is 4. The molecule has 0 saturated heterocycles. The van der Waals surface area contributed by atoms with E-state index in [1.807, 2.05) is 30.3 Å². The maximum absolute atomic E-state index is 13.7. The highest BCUT2D eigenvalue weighted by Gasteiger charge is 2.31. The second-order valence-corrected chi connectivity index (χ2v) is 10.6. The lowest BCUT2D eigenvalue weighted by Gasteiger charge is -2.29. The molecule has 226 valence electrons. The Bertz CT molecular complexity index is 1150. The molecule has 0 bridgehead atoms. The fourth-order valence-corrected chi connectivity index (χ4v) is 5.10. The fourth-order valence-electron chi connectivity index (χ4n) is 5.10. The van der Waals surface area contributed by atoms with E-state index in [0.717, 1.165) is 37.7 Å². The summed E-state index contributed by atoms with van der Waals surface area (Å²) in [5.74, 6) is -1.04. The van der Waals surface area contributed by atoms with Crippen LogP contribution in [0.1, 0.15) is 75.5 Å². The van der Waals surface area contributed by atoms with E-state index < -0.39 is 36.0 Å². The highest BCUT2D eigenvalue weighted by Crippen LogP contribution is 2.28. The van der Waals surface area contributed by atoms with Crippen molar-refractivity contribution in [2.45, 2.75) is 83.0 Å². The number of carbonyl (C=O) groups excluding carboxylic acids is 5. The summed E-state index contributed by atoms with van der Waals surface area (Å²) in [4.78, 5) is 63.4. The second-order valence-electron chi connectivity index (χ2n) is 10.6. The molecule has 0 spiro atoms. The van der Waals surface area contributed by atoms with Crippen LogP contribution in [0, 0.1) is 5.92 Å². The van der Waals surface area contributed by atoms with Gasteiger partial charge in [0.25, 0.3) is 0 Å². The largest absolute Gasteiger partial charge is 0.445 e. The number of hydrogen-bond acceptors (Lipinski definition) is 6. The molecule has 0 heterocycles. The number of amides is 4. The van der Waals surface area contributed by atoms with Crippen LogP contribution in [0.25, 0.3) is 0 Å². The lowest BCUT2D eigenvalue weighted by Crippen LogP contribution is -2.53. The van der Waals surface area contributed by atoms with Gasteiger partial charge in [0.1, 0.15) is 25.0 Å². The van der Waals surface area contributed by atoms with Crippen LogP contribution in [-0.4, -0.2) is 48.7 Å². The van der Waals surface area contributed by atoms with E-state index in [2.05, 4.69) is 21.3 Å². The number of aldehydes is 1. The van der Waals surface area contributed by atoms with Gasteiger partial charge in [0.05, 0.1) is 6.04 Å². The Labute approximate surface area is 247 Å². The average Bonchev–Trinajstić information content (AvgIpc) is 3.02. The molecule has 1 aliphatic rings. The molecule has 1 fully saturated rings. The number of hydrogen-bond donors (Lipinski definition) is 4. The minimum absolute atomic E-state index is 0.0336. The molecule has 42 heavy (non-hydrogen) atoms. The van der Waals surface area contributed by atoms with Crippen LogP contribution in [0.2, 0.25) is 0 Å². The van der Waals surface area contributed by atoms with E-state index in [-0.39, 0.29) is 31.3 Å². The Balaban J connectivity index is 1.72. The highest BCUT2D eigenvalue weighted by molar-refractivity contribution is 5.92. The Morgan fingerprint density at radius 2 is 1.55 bits per heavy atom. The zero-order valence-electron chi connectivity index (χ0n) is 24.2. The summed E-state index contributed by atoms with van der Waals surface area (Å²) >= 11 is 0. The summed E-state index contributed by atoms with van der Waals surface area (Å²) in [7, 11) is 0. The first-order valence-electron chi connectivity index (χ1n) is 14.7. The number of benzene rings is 2. The molecule has 1 saturated carbocycles. The van der Waals surface area contributed by atoms with Gasteiger partial charge < -0.3 is 30.8 Å². The Morgan fingerprint density at radius 3 is 2.19 bits per heavy atom. The zero-order chi connectivity index (χ0) is 30.2. The maximum Gasteiger partial charge on any atom is 0.408 e. The van der Waals surface area contributed by atoms with Gasteiger partial charge in [-0.1, -0.05) is 92.8 Å². The molecule has 0 radical (unpaired) electrons. The summed E-state index contributed by atoms with van der Waals surface area (Å²) in [6, 6.07) is 15.0. The fraction of sp³-hybridized carbons (Fsp3) is 0.469. The van der Waals surface area contributed by atoms with Crippen molar-refractivity contribution >= 4 is 30.1 Å². The van der Waals surface area contributed by atoms with Gasteiger partial charge in [-0.3, -0.25) is 14.4 Å². The smallest absolute Gasteiger partial charge is 0.408 e. The van der Waals surface area contributed by atoms with E-state index in [1.54, 1.807) is 37.3 Å². The summed E-state index contributed by atoms with van der Waals surface area (Å²) in [5, 5.41) is 10.9. The molecular weight excluding hydrogens is 536 g/mol. The second kappa shape index (κ2) is 17.6. The van der Waals surface area contributed by atoms with Crippen LogP contribution in [-0.2, 0) is 30.5 Å². The van der Waals surface area contributed by atoms with Crippen molar-refractivity contribution in [1.29, 1.82) is 0 Å². The number of carbonyl (C=O) groups is 5. The van der Waals surface area contributed by atoms with Crippen molar-refractivity contribution in [3.8, 4) is 0 Å². The van der Waals surface area contributed by atoms with E-state index in [0.29, 0.717) is 24.8 Å². The summed E-state index contributed by atoms with van der Waals surface area (Å²) < 4.78 is 5.35. The normalized spacial score (nSPS) is 15.4. The van der Waals surface area contributed by atoms with Crippen LogP contribution in [0.4, 0.5) is 4.79 Å². The Kier molecular flexibility index (Phi) is 13.5. The van der Waals surface area contributed by atoms with Crippen LogP contribution >= 0.6 is 0 Å². The Morgan fingerprint density at radius 1 is 0.881 bits per heavy atom. The monoisotopic (exact) mass is 578 g/mol. The summed E-state index contributed by atoms with van der Waals surface area (Å²) in [5.41, 5.74) is 1.32. The van der Waals surface area contributed by atoms with Gasteiger partial charge in [0.15, 0.2) is 0 Å². The third kappa shape index (κ3) is 11.0. The molecule has 0 unspecified atom stereocenters. The highest BCUT2D eigenvalue weighted by atomic mass is 16.5. The third-order valence-electron chi connectivity index (χ3n) is 7.35. The first-order valence-corrected chi connectivity index (χ1v) is 14.7. The summed E-state index contributed by atoms with van der Waals surface area (Å²) in [6.45, 7) is 2.31. The molecule has 10 nitrogen and oxygen atoms in total. The van der Waals surface area contributed by atoms with Crippen LogP contribution < -0.4 is 21.3 Å². The Hall–Kier alpha value is -4.21. The summed E-state index contributed by atoms with van der Waals surface area (Å²) in [6.07, 6.45) is 5.60. The van der Waals surface area contributed by atoms with Gasteiger partial charge in [0.2, 0.25) is 17.7 Å². The zero-order valence-corrected chi connectivity index (χ0v) is 24.2. The van der Waals surface area contributed by atoms with E-state index >= 15 is 0 Å². The number of ether oxygens (including phenoxy) is 1. The number of rotatable bonds is 15. The predicted molar refractivity (Wildman–Crippen MR) is 158 cm³/mol. The lowest BCUT2D eigenvalue weighted by molar-refractivity contribution is -0.131. The topological polar surface area (TPSA) is 143 Å². The molecule has 2 aromatic rings. The average molecular weight is 579 g/mol. The molecule has 4 amide bonds. The van der Waals surface area contributed by atoms with Crippen molar-refractivity contribution in [1.82, 2.24) is 21.3 Å². The van der Waals surface area contributed by atoms with Crippen molar-refractivity contribution in [3.63, 3.8) is 0 Å². The molecule has 0 aliphatic heterocycles. The predicted octanol–water partition coefficient (Wildman–Crippen LogP) is 3.71. The maximum atomic E-state index is 13.7. The van der Waals surface area contributed by atoms with Gasteiger partial charge in [-0.15, -0.1) is 0 Å². The van der Waals surface area contributed by atoms with E-state index in [9.17, 15) is 24.0 Å². The standard InChI is InChI=1S/C32H42N4O6/c1-2-33-28(38)19-18-26(21-37)34-30(39)27(20-23-12-6-3-7-13-23)35-31(40)29(25-16-10-5-11-17-25)36-32(41)42-22-24-14-8-4-9-15-24/h4-5,8-11,14-17,21,23,26-27,29H,2-3,6-7,12-13,18-20,22H2,1H3,(H,33,38)(H,34,39)(H,35,40)(H,36,41)/t26-,27-,29-/m0/s1. The molecular formula is C32H42N4O6. The van der Waals surface area contributed by atoms with Gasteiger partial charge in [0, 0.05) is 13.0 Å². The molecule has 0 aromatic heterocycles. The molecule has 3 rings (SSSR count). The van der Waals surface area contributed by atoms with Gasteiger partial charge in [-0.25, -0.2) is 4.79 Å². The van der Waals surface area contributed by atoms with E-state index in [1.165, 1.54) is 0 Å². The first kappa shape index (κ1) is 32.3. The van der Waals surface area contributed by atoms with Crippen molar-refractivity contribution in [2.75, 3.05) is 6.54 Å². The molecule has 3 atom stereocenters. The third-order valence-corrected chi connectivity index (χ3v) is 7.35. The van der Waals surface area contributed by atoms with Crippen LogP contribution in [0.15, 0.2) is 60.7 Å². The molecule has 10 heteroatoms. The van der Waals surface area contributed by atoms with Gasteiger partial charge in [-0.05, 0) is 36.8 Å². The lowest BCUT2D eigenvalue weighted by atomic mass is 9.84. The minimum atomic E-state index is -1.12. The molecule has 2 aromatic carbocycles. The quantitative estimate of drug-likeness (QED) is 0.237. The van der Waals surface area contributed by atoms with Crippen LogP contribution in [0.3, 0.4) is 0 Å². The van der Waals surface area contributed by atoms with Crippen molar-refractivity contribution in [2.24, 2.45) is 5.92 Å². The molecule has 1 aliphatic carbocycles. The first-order chi connectivity index (χ1) is 20.4. The van der Waals surface area contributed by atoms with Crippen molar-refractivity contribution in [3.05, 3.63) is 71.8 Å². The molecule has 4 N–H and O–H groups in total.